The van der Waals surface area contributed by atoms with Gasteiger partial charge in [-0.3, -0.25) is 9.59 Å². The number of carbonyl (C=O) groups is 2. The van der Waals surface area contributed by atoms with Gasteiger partial charge in [-0.05, 0) is 66.4 Å². The van der Waals surface area contributed by atoms with Gasteiger partial charge in [0.05, 0.1) is 17.9 Å². The van der Waals surface area contributed by atoms with Crippen LogP contribution in [0.5, 0.6) is 5.75 Å². The number of hydrogen-bond donors (Lipinski definition) is 3. The number of nitrogen functional groups attached to an aromatic ring is 1. The van der Waals surface area contributed by atoms with Gasteiger partial charge in [0.1, 0.15) is 17.9 Å². The van der Waals surface area contributed by atoms with Crippen molar-refractivity contribution in [2.45, 2.75) is 12.8 Å². The first-order chi connectivity index (χ1) is 19.1. The number of fused-ring (bicyclic) bond motifs is 1. The van der Waals surface area contributed by atoms with E-state index in [-0.39, 0.29) is 24.2 Å². The predicted octanol–water partition coefficient (Wildman–Crippen LogP) is 5.86. The molecule has 0 aliphatic rings. The number of nitrogens with two attached hydrogens (primary N) is 1. The number of para-hydroxylation sites is 3. The quantitative estimate of drug-likeness (QED) is 0.158. The summed E-state index contributed by atoms with van der Waals surface area (Å²) >= 11 is 0. The maximum atomic E-state index is 12.7. The van der Waals surface area contributed by atoms with Gasteiger partial charge in [-0.1, -0.05) is 60.7 Å². The van der Waals surface area contributed by atoms with E-state index in [0.717, 1.165) is 29.4 Å². The first-order valence-electron chi connectivity index (χ1n) is 12.8. The summed E-state index contributed by atoms with van der Waals surface area (Å²) in [6.45, 7) is 0.562. The number of ether oxygens (including phenoxy) is 1. The highest BCUT2D eigenvalue weighted by Crippen LogP contribution is 2.25. The summed E-state index contributed by atoms with van der Waals surface area (Å²) in [6.07, 6.45) is 1.72. The smallest absolute Gasteiger partial charge is 0.287 e. The van der Waals surface area contributed by atoms with Crippen molar-refractivity contribution in [2.24, 2.45) is 0 Å². The molecule has 0 saturated heterocycles. The molecule has 7 nitrogen and oxygen atoms in total. The van der Waals surface area contributed by atoms with Crippen molar-refractivity contribution in [3.63, 3.8) is 0 Å². The van der Waals surface area contributed by atoms with E-state index in [4.69, 9.17) is 14.9 Å². The molecule has 0 bridgehead atoms. The number of carbonyl (C=O) groups excluding carboxylic acids is 2. The monoisotopic (exact) mass is 519 g/mol. The second-order valence-electron chi connectivity index (χ2n) is 9.10. The van der Waals surface area contributed by atoms with Crippen LogP contribution in [0, 0.1) is 0 Å². The van der Waals surface area contributed by atoms with E-state index in [1.807, 2.05) is 36.4 Å². The van der Waals surface area contributed by atoms with Crippen LogP contribution in [0.4, 0.5) is 11.4 Å². The first-order valence-corrected chi connectivity index (χ1v) is 12.8. The van der Waals surface area contributed by atoms with E-state index >= 15 is 0 Å². The van der Waals surface area contributed by atoms with Gasteiger partial charge in [0.25, 0.3) is 11.8 Å². The summed E-state index contributed by atoms with van der Waals surface area (Å²) in [7, 11) is 0. The maximum absolute atomic E-state index is 12.7. The van der Waals surface area contributed by atoms with E-state index < -0.39 is 0 Å². The molecule has 0 aliphatic carbocycles. The molecule has 5 aromatic rings. The zero-order valence-electron chi connectivity index (χ0n) is 21.4. The molecule has 1 heterocycles. The van der Waals surface area contributed by atoms with Gasteiger partial charge >= 0.3 is 0 Å². The Bertz CT molecular complexity index is 1580. The highest BCUT2D eigenvalue weighted by atomic mass is 16.5. The minimum Gasteiger partial charge on any atom is -0.492 e. The molecule has 4 aromatic carbocycles. The van der Waals surface area contributed by atoms with Gasteiger partial charge in [0.2, 0.25) is 0 Å². The number of hydrogen-bond acceptors (Lipinski definition) is 5. The topological polar surface area (TPSA) is 107 Å². The Kier molecular flexibility index (Phi) is 7.88. The third-order valence-electron chi connectivity index (χ3n) is 6.36. The van der Waals surface area contributed by atoms with Crippen LogP contribution in [0.15, 0.2) is 108 Å². The molecule has 39 heavy (non-hydrogen) atoms. The van der Waals surface area contributed by atoms with Crippen molar-refractivity contribution in [1.29, 1.82) is 0 Å². The minimum atomic E-state index is -0.295. The fraction of sp³-hybridized carbons (Fsp3) is 0.125. The number of aryl methyl sites for hydroxylation is 2. The fourth-order valence-electron chi connectivity index (χ4n) is 4.28. The van der Waals surface area contributed by atoms with Crippen LogP contribution in [0.25, 0.3) is 11.0 Å². The highest BCUT2D eigenvalue weighted by molar-refractivity contribution is 6.05. The molecular formula is C32H29N3O4. The molecule has 0 radical (unpaired) electrons. The summed E-state index contributed by atoms with van der Waals surface area (Å²) in [5.41, 5.74) is 10.5. The molecule has 4 N–H and O–H groups in total. The lowest BCUT2D eigenvalue weighted by Crippen LogP contribution is -2.27. The zero-order chi connectivity index (χ0) is 27.0. The molecule has 2 amide bonds. The average molecular weight is 520 g/mol. The van der Waals surface area contributed by atoms with E-state index in [0.29, 0.717) is 29.2 Å². The summed E-state index contributed by atoms with van der Waals surface area (Å²) in [5.74, 6) is 0.301. The maximum Gasteiger partial charge on any atom is 0.287 e. The van der Waals surface area contributed by atoms with Gasteiger partial charge in [-0.25, -0.2) is 0 Å². The molecule has 0 fully saturated rings. The lowest BCUT2D eigenvalue weighted by molar-refractivity contribution is 0.0920. The third kappa shape index (κ3) is 6.45. The Labute approximate surface area is 226 Å². The Morgan fingerprint density at radius 3 is 2.36 bits per heavy atom. The van der Waals surface area contributed by atoms with Crippen molar-refractivity contribution < 1.29 is 18.7 Å². The molecule has 5 rings (SSSR count). The van der Waals surface area contributed by atoms with Crippen LogP contribution in [-0.4, -0.2) is 25.0 Å². The SMILES string of the molecule is Nc1ccccc1NC(=O)c1ccc(OCCNC(=O)c2cc3cccc(CCc4ccccc4)c3o2)cc1. The van der Waals surface area contributed by atoms with Crippen LogP contribution in [-0.2, 0) is 12.8 Å². The van der Waals surface area contributed by atoms with E-state index in [1.54, 1.807) is 54.6 Å². The van der Waals surface area contributed by atoms with Gasteiger partial charge in [0.15, 0.2) is 5.76 Å². The third-order valence-corrected chi connectivity index (χ3v) is 6.36. The lowest BCUT2D eigenvalue weighted by atomic mass is 10.0. The first kappa shape index (κ1) is 25.6. The average Bonchev–Trinajstić information content (AvgIpc) is 3.41. The normalized spacial score (nSPS) is 10.8. The molecule has 196 valence electrons. The largest absolute Gasteiger partial charge is 0.492 e. The molecule has 0 saturated carbocycles. The molecule has 0 spiro atoms. The van der Waals surface area contributed by atoms with Gasteiger partial charge in [0, 0.05) is 10.9 Å². The van der Waals surface area contributed by atoms with E-state index in [9.17, 15) is 9.59 Å². The molecule has 0 atom stereocenters. The Morgan fingerprint density at radius 2 is 1.56 bits per heavy atom. The van der Waals surface area contributed by atoms with Crippen molar-refractivity contribution in [2.75, 3.05) is 24.2 Å². The van der Waals surface area contributed by atoms with Gasteiger partial charge < -0.3 is 25.5 Å². The van der Waals surface area contributed by atoms with Crippen LogP contribution in [0.3, 0.4) is 0 Å². The predicted molar refractivity (Wildman–Crippen MR) is 153 cm³/mol. The number of furan rings is 1. The summed E-state index contributed by atoms with van der Waals surface area (Å²) < 4.78 is 11.7. The number of rotatable bonds is 10. The van der Waals surface area contributed by atoms with Crippen molar-refractivity contribution in [3.8, 4) is 5.75 Å². The number of anilines is 2. The number of benzene rings is 4. The number of nitrogens with one attached hydrogen (secondary N) is 2. The molecule has 0 unspecified atom stereocenters. The minimum absolute atomic E-state index is 0.263. The molecule has 7 heteroatoms. The molecular weight excluding hydrogens is 490 g/mol. The fourth-order valence-corrected chi connectivity index (χ4v) is 4.28. The van der Waals surface area contributed by atoms with Crippen LogP contribution in [0.2, 0.25) is 0 Å². The van der Waals surface area contributed by atoms with Crippen LogP contribution >= 0.6 is 0 Å². The second kappa shape index (κ2) is 12.0. The van der Waals surface area contributed by atoms with E-state index in [1.165, 1.54) is 5.56 Å². The standard InChI is InChI=1S/C32H29N3O4/c33-27-11-4-5-12-28(27)35-31(36)24-15-17-26(18-16-24)38-20-19-34-32(37)29-21-25-10-6-9-23(30(25)39-29)14-13-22-7-2-1-3-8-22/h1-12,15-18,21H,13-14,19-20,33H2,(H,34,37)(H,35,36). The Hall–Kier alpha value is -5.04. The summed E-state index contributed by atoms with van der Waals surface area (Å²) in [6, 6.07) is 31.9. The van der Waals surface area contributed by atoms with Crippen LogP contribution < -0.4 is 21.1 Å². The Balaban J connectivity index is 1.11. The Morgan fingerprint density at radius 1 is 0.795 bits per heavy atom. The van der Waals surface area contributed by atoms with E-state index in [2.05, 4.69) is 22.8 Å². The zero-order valence-corrected chi connectivity index (χ0v) is 21.4. The number of amides is 2. The molecule has 1 aromatic heterocycles. The van der Waals surface area contributed by atoms with Crippen molar-refractivity contribution in [3.05, 3.63) is 126 Å². The van der Waals surface area contributed by atoms with Crippen molar-refractivity contribution in [1.82, 2.24) is 5.32 Å². The summed E-state index contributed by atoms with van der Waals surface area (Å²) in [4.78, 5) is 25.2. The van der Waals surface area contributed by atoms with Crippen LogP contribution in [0.1, 0.15) is 32.0 Å². The van der Waals surface area contributed by atoms with Gasteiger partial charge in [-0.15, -0.1) is 0 Å². The van der Waals surface area contributed by atoms with Gasteiger partial charge in [-0.2, -0.15) is 0 Å². The summed E-state index contributed by atoms with van der Waals surface area (Å²) in [5, 5.41) is 6.53. The highest BCUT2D eigenvalue weighted by Gasteiger charge is 2.14. The second-order valence-corrected chi connectivity index (χ2v) is 9.10. The molecule has 0 aliphatic heterocycles. The van der Waals surface area contributed by atoms with Crippen molar-refractivity contribution >= 4 is 34.2 Å². The lowest BCUT2D eigenvalue weighted by Gasteiger charge is -2.09.